The van der Waals surface area contributed by atoms with Crippen molar-refractivity contribution in [3.63, 3.8) is 0 Å². The van der Waals surface area contributed by atoms with E-state index in [0.717, 1.165) is 22.3 Å². The average Bonchev–Trinajstić information content (AvgIpc) is 3.35. The van der Waals surface area contributed by atoms with Crippen molar-refractivity contribution < 1.29 is 29.3 Å². The van der Waals surface area contributed by atoms with Gasteiger partial charge in [0.1, 0.15) is 23.0 Å². The number of furan rings is 2. The molecule has 0 amide bonds. The summed E-state index contributed by atoms with van der Waals surface area (Å²) in [6, 6.07) is 12.9. The third kappa shape index (κ3) is 2.58. The van der Waals surface area contributed by atoms with E-state index in [4.69, 9.17) is 8.83 Å². The molecule has 0 aliphatic heterocycles. The van der Waals surface area contributed by atoms with E-state index in [0.29, 0.717) is 22.3 Å². The minimum atomic E-state index is -0.0399. The average molecular weight is 402 g/mol. The molecule has 6 nitrogen and oxygen atoms in total. The number of hydrogen-bond donors (Lipinski definition) is 4. The van der Waals surface area contributed by atoms with Crippen LogP contribution >= 0.6 is 0 Å². The first-order chi connectivity index (χ1) is 14.3. The van der Waals surface area contributed by atoms with Crippen LogP contribution in [0.25, 0.3) is 44.6 Å². The Morgan fingerprint density at radius 1 is 0.533 bits per heavy atom. The van der Waals surface area contributed by atoms with Crippen molar-refractivity contribution in [2.75, 3.05) is 0 Å². The molecule has 5 rings (SSSR count). The number of aromatic hydroxyl groups is 4. The predicted molar refractivity (Wildman–Crippen MR) is 113 cm³/mol. The number of phenolic OH excluding ortho intramolecular Hbond substituents is 4. The van der Waals surface area contributed by atoms with Gasteiger partial charge in [-0.3, -0.25) is 0 Å². The van der Waals surface area contributed by atoms with Gasteiger partial charge < -0.3 is 29.3 Å². The topological polar surface area (TPSA) is 107 Å². The van der Waals surface area contributed by atoms with Crippen LogP contribution < -0.4 is 0 Å². The summed E-state index contributed by atoms with van der Waals surface area (Å²) in [6.07, 6.45) is 0. The van der Waals surface area contributed by atoms with E-state index in [-0.39, 0.29) is 34.2 Å². The maximum atomic E-state index is 10.1. The highest BCUT2D eigenvalue weighted by molar-refractivity contribution is 5.94. The molecule has 4 N–H and O–H groups in total. The summed E-state index contributed by atoms with van der Waals surface area (Å²) >= 11 is 0. The van der Waals surface area contributed by atoms with Crippen molar-refractivity contribution in [2.45, 2.75) is 13.8 Å². The van der Waals surface area contributed by atoms with E-state index in [9.17, 15) is 20.4 Å². The van der Waals surface area contributed by atoms with Crippen molar-refractivity contribution in [3.05, 3.63) is 59.7 Å². The Morgan fingerprint density at radius 3 is 1.27 bits per heavy atom. The van der Waals surface area contributed by atoms with Crippen molar-refractivity contribution in [2.24, 2.45) is 0 Å². The number of rotatable bonds is 2. The van der Waals surface area contributed by atoms with Gasteiger partial charge in [-0.05, 0) is 73.5 Å². The quantitative estimate of drug-likeness (QED) is 0.272. The lowest BCUT2D eigenvalue weighted by Gasteiger charge is -2.09. The second kappa shape index (κ2) is 6.22. The largest absolute Gasteiger partial charge is 0.507 e. The second-order valence-electron chi connectivity index (χ2n) is 7.40. The van der Waals surface area contributed by atoms with E-state index < -0.39 is 0 Å². The standard InChI is InChI=1S/C24H18O6/c1-11-7-14(22-10-16-18(26)4-6-20(28)24(16)30-22)12(2)8-13(11)21-9-15-17(25)3-5-19(27)23(15)29-21/h3-10,25-28H,1-2H3. The molecule has 2 heterocycles. The van der Waals surface area contributed by atoms with Gasteiger partial charge in [-0.1, -0.05) is 0 Å². The molecule has 6 heteroatoms. The van der Waals surface area contributed by atoms with E-state index in [2.05, 4.69) is 0 Å². The second-order valence-corrected chi connectivity index (χ2v) is 7.40. The highest BCUT2D eigenvalue weighted by Crippen LogP contribution is 2.42. The van der Waals surface area contributed by atoms with Crippen molar-refractivity contribution in [1.82, 2.24) is 0 Å². The molecule has 5 aromatic rings. The molecule has 0 bridgehead atoms. The Bertz CT molecular complexity index is 1260. The number of hydrogen-bond acceptors (Lipinski definition) is 6. The molecule has 150 valence electrons. The highest BCUT2D eigenvalue weighted by atomic mass is 16.4. The third-order valence-electron chi connectivity index (χ3n) is 5.38. The molecule has 2 aromatic heterocycles. The van der Waals surface area contributed by atoms with E-state index in [1.807, 2.05) is 26.0 Å². The van der Waals surface area contributed by atoms with E-state index in [1.165, 1.54) is 24.3 Å². The summed E-state index contributed by atoms with van der Waals surface area (Å²) in [4.78, 5) is 0. The van der Waals surface area contributed by atoms with Crippen molar-refractivity contribution in [1.29, 1.82) is 0 Å². The molecule has 0 fully saturated rings. The van der Waals surface area contributed by atoms with Gasteiger partial charge in [0, 0.05) is 11.1 Å². The summed E-state index contributed by atoms with van der Waals surface area (Å²) in [5.41, 5.74) is 3.87. The molecule has 0 unspecified atom stereocenters. The lowest BCUT2D eigenvalue weighted by Crippen LogP contribution is -1.88. The molecule has 0 saturated carbocycles. The molecule has 0 spiro atoms. The third-order valence-corrected chi connectivity index (χ3v) is 5.38. The van der Waals surface area contributed by atoms with E-state index in [1.54, 1.807) is 12.1 Å². The van der Waals surface area contributed by atoms with Crippen LogP contribution in [0.4, 0.5) is 0 Å². The molecular weight excluding hydrogens is 384 g/mol. The lowest BCUT2D eigenvalue weighted by atomic mass is 9.97. The van der Waals surface area contributed by atoms with Gasteiger partial charge in [0.15, 0.2) is 22.7 Å². The lowest BCUT2D eigenvalue weighted by molar-refractivity contribution is 0.458. The molecule has 0 atom stereocenters. The monoisotopic (exact) mass is 402 g/mol. The van der Waals surface area contributed by atoms with Crippen LogP contribution in [-0.4, -0.2) is 20.4 Å². The van der Waals surface area contributed by atoms with Gasteiger partial charge >= 0.3 is 0 Å². The Hall–Kier alpha value is -4.06. The molecule has 0 radical (unpaired) electrons. The fourth-order valence-corrected chi connectivity index (χ4v) is 3.80. The maximum absolute atomic E-state index is 10.1. The minimum Gasteiger partial charge on any atom is -0.507 e. The molecule has 0 saturated heterocycles. The van der Waals surface area contributed by atoms with Crippen molar-refractivity contribution in [3.8, 4) is 45.6 Å². The first kappa shape index (κ1) is 18.0. The van der Waals surface area contributed by atoms with Crippen LogP contribution in [0.2, 0.25) is 0 Å². The van der Waals surface area contributed by atoms with Crippen LogP contribution in [0, 0.1) is 13.8 Å². The normalized spacial score (nSPS) is 11.5. The van der Waals surface area contributed by atoms with Crippen molar-refractivity contribution >= 4 is 21.9 Å². The maximum Gasteiger partial charge on any atom is 0.180 e. The number of benzene rings is 3. The zero-order valence-electron chi connectivity index (χ0n) is 16.2. The molecule has 30 heavy (non-hydrogen) atoms. The fourth-order valence-electron chi connectivity index (χ4n) is 3.80. The molecule has 0 aliphatic rings. The first-order valence-electron chi connectivity index (χ1n) is 9.34. The molecule has 0 aliphatic carbocycles. The van der Waals surface area contributed by atoms with Crippen LogP contribution in [0.3, 0.4) is 0 Å². The smallest absolute Gasteiger partial charge is 0.180 e. The zero-order chi connectivity index (χ0) is 21.2. The van der Waals surface area contributed by atoms with Gasteiger partial charge in [-0.2, -0.15) is 0 Å². The summed E-state index contributed by atoms with van der Waals surface area (Å²) < 4.78 is 11.7. The van der Waals surface area contributed by atoms with Crippen LogP contribution in [0.5, 0.6) is 23.0 Å². The summed E-state index contributed by atoms with van der Waals surface area (Å²) in [6.45, 7) is 3.84. The van der Waals surface area contributed by atoms with Gasteiger partial charge in [-0.15, -0.1) is 0 Å². The van der Waals surface area contributed by atoms with Crippen LogP contribution in [-0.2, 0) is 0 Å². The van der Waals surface area contributed by atoms with Gasteiger partial charge in [0.05, 0.1) is 10.8 Å². The van der Waals surface area contributed by atoms with Gasteiger partial charge in [0.2, 0.25) is 0 Å². The SMILES string of the molecule is Cc1cc(-c2cc3c(O)ccc(O)c3o2)c(C)cc1-c1cc2c(O)ccc(O)c2o1. The van der Waals surface area contributed by atoms with Crippen LogP contribution in [0.1, 0.15) is 11.1 Å². The van der Waals surface area contributed by atoms with Crippen LogP contribution in [0.15, 0.2) is 57.4 Å². The van der Waals surface area contributed by atoms with Gasteiger partial charge in [0.25, 0.3) is 0 Å². The van der Waals surface area contributed by atoms with E-state index >= 15 is 0 Å². The zero-order valence-corrected chi connectivity index (χ0v) is 16.2. The summed E-state index contributed by atoms with van der Waals surface area (Å²) in [7, 11) is 0. The number of fused-ring (bicyclic) bond motifs is 2. The Morgan fingerprint density at radius 2 is 0.900 bits per heavy atom. The van der Waals surface area contributed by atoms with Gasteiger partial charge in [-0.25, -0.2) is 0 Å². The number of aryl methyl sites for hydroxylation is 2. The Kier molecular flexibility index (Phi) is 3.73. The summed E-state index contributed by atoms with van der Waals surface area (Å²) in [5, 5.41) is 41.1. The summed E-state index contributed by atoms with van der Waals surface area (Å²) in [5.74, 6) is 1.03. The number of phenols is 4. The Labute approximate surface area is 170 Å². The first-order valence-corrected chi connectivity index (χ1v) is 9.34. The molecule has 3 aromatic carbocycles. The minimum absolute atomic E-state index is 0.0330. The predicted octanol–water partition coefficient (Wildman–Crippen LogP) is 5.95. The fraction of sp³-hybridized carbons (Fsp3) is 0.0833. The Balaban J connectivity index is 1.66. The highest BCUT2D eigenvalue weighted by Gasteiger charge is 2.18. The molecular formula is C24H18O6.